The maximum Gasteiger partial charge on any atom is 0.261 e. The number of nitrogens with one attached hydrogen (secondary N) is 2. The molecule has 0 aliphatic carbocycles. The van der Waals surface area contributed by atoms with Gasteiger partial charge in [0, 0.05) is 23.4 Å². The van der Waals surface area contributed by atoms with Crippen molar-refractivity contribution >= 4 is 46.6 Å². The van der Waals surface area contributed by atoms with Crippen LogP contribution in [0.1, 0.15) is 61.2 Å². The molecule has 2 N–H and O–H groups in total. The molecule has 37 heavy (non-hydrogen) atoms. The van der Waals surface area contributed by atoms with Gasteiger partial charge in [-0.25, -0.2) is 0 Å². The maximum atomic E-state index is 13.1. The van der Waals surface area contributed by atoms with Crippen molar-refractivity contribution in [2.75, 3.05) is 28.6 Å². The zero-order chi connectivity index (χ0) is 26.1. The Morgan fingerprint density at radius 2 is 1.59 bits per heavy atom. The standard InChI is InChI=1S/C28H24N4O5/c1-2-3-14-31-27(36)20-13-10-18(15-21(20)28(31)37)25(34)29-19-11-8-17(9-12-19)26(35)32-16-24(33)30-22-6-4-5-7-23(22)32/h4-13,15H,2-3,14,16H2,1H3,(H,29,34)(H,30,33). The van der Waals surface area contributed by atoms with Gasteiger partial charge in [-0.2, -0.15) is 0 Å². The molecule has 0 unspecified atom stereocenters. The van der Waals surface area contributed by atoms with E-state index in [-0.39, 0.29) is 41.3 Å². The molecule has 0 aromatic heterocycles. The first-order valence-corrected chi connectivity index (χ1v) is 12.0. The molecule has 0 bridgehead atoms. The van der Waals surface area contributed by atoms with E-state index in [2.05, 4.69) is 10.6 Å². The number of benzene rings is 3. The normalized spacial score (nSPS) is 14.2. The molecule has 2 heterocycles. The molecule has 0 spiro atoms. The van der Waals surface area contributed by atoms with Crippen LogP contribution in [0.2, 0.25) is 0 Å². The molecule has 0 fully saturated rings. The monoisotopic (exact) mass is 496 g/mol. The van der Waals surface area contributed by atoms with Gasteiger partial charge < -0.3 is 10.6 Å². The largest absolute Gasteiger partial charge is 0.323 e. The summed E-state index contributed by atoms with van der Waals surface area (Å²) in [6, 6.07) is 17.9. The minimum absolute atomic E-state index is 0.0935. The van der Waals surface area contributed by atoms with Crippen LogP contribution in [0.4, 0.5) is 17.1 Å². The van der Waals surface area contributed by atoms with E-state index in [0.29, 0.717) is 34.7 Å². The molecule has 5 amide bonds. The number of amides is 5. The lowest BCUT2D eigenvalue weighted by Crippen LogP contribution is -2.42. The average Bonchev–Trinajstić information content (AvgIpc) is 3.15. The Hall–Kier alpha value is -4.79. The minimum atomic E-state index is -0.448. The average molecular weight is 497 g/mol. The fourth-order valence-electron chi connectivity index (χ4n) is 4.42. The van der Waals surface area contributed by atoms with Crippen LogP contribution in [0.25, 0.3) is 0 Å². The molecular formula is C28H24N4O5. The third-order valence-electron chi connectivity index (χ3n) is 6.37. The van der Waals surface area contributed by atoms with Crippen LogP contribution in [0.15, 0.2) is 66.7 Å². The fraction of sp³-hybridized carbons (Fsp3) is 0.179. The first kappa shape index (κ1) is 23.9. The molecule has 3 aromatic rings. The van der Waals surface area contributed by atoms with Gasteiger partial charge in [0.15, 0.2) is 0 Å². The molecule has 2 aliphatic heterocycles. The van der Waals surface area contributed by atoms with Crippen molar-refractivity contribution in [1.82, 2.24) is 4.90 Å². The number of hydrogen-bond acceptors (Lipinski definition) is 5. The molecule has 9 heteroatoms. The number of carbonyl (C=O) groups is 5. The van der Waals surface area contributed by atoms with Gasteiger partial charge in [-0.1, -0.05) is 25.5 Å². The van der Waals surface area contributed by atoms with Crippen LogP contribution in [0, 0.1) is 0 Å². The van der Waals surface area contributed by atoms with Crippen molar-refractivity contribution < 1.29 is 24.0 Å². The molecule has 0 saturated heterocycles. The number of unbranched alkanes of at least 4 members (excludes halogenated alkanes) is 1. The maximum absolute atomic E-state index is 13.1. The van der Waals surface area contributed by atoms with Crippen molar-refractivity contribution in [1.29, 1.82) is 0 Å². The number of hydrogen-bond donors (Lipinski definition) is 2. The van der Waals surface area contributed by atoms with E-state index in [1.807, 2.05) is 6.92 Å². The molecule has 2 aliphatic rings. The topological polar surface area (TPSA) is 116 Å². The van der Waals surface area contributed by atoms with E-state index in [4.69, 9.17) is 0 Å². The molecule has 0 saturated carbocycles. The quantitative estimate of drug-likeness (QED) is 0.502. The van der Waals surface area contributed by atoms with Crippen LogP contribution in [-0.2, 0) is 4.79 Å². The lowest BCUT2D eigenvalue weighted by molar-refractivity contribution is -0.115. The van der Waals surface area contributed by atoms with Crippen LogP contribution in [0.3, 0.4) is 0 Å². The Morgan fingerprint density at radius 3 is 2.35 bits per heavy atom. The van der Waals surface area contributed by atoms with Gasteiger partial charge in [0.2, 0.25) is 5.91 Å². The summed E-state index contributed by atoms with van der Waals surface area (Å²) in [5.41, 5.74) is 2.76. The smallest absolute Gasteiger partial charge is 0.261 e. The predicted octanol–water partition coefficient (Wildman–Crippen LogP) is 3.93. The van der Waals surface area contributed by atoms with Crippen molar-refractivity contribution in [3.63, 3.8) is 0 Å². The van der Waals surface area contributed by atoms with Crippen LogP contribution < -0.4 is 15.5 Å². The van der Waals surface area contributed by atoms with Crippen LogP contribution >= 0.6 is 0 Å². The second-order valence-electron chi connectivity index (χ2n) is 8.86. The first-order chi connectivity index (χ1) is 17.9. The number of carbonyl (C=O) groups excluding carboxylic acids is 5. The molecule has 5 rings (SSSR count). The highest BCUT2D eigenvalue weighted by Crippen LogP contribution is 2.30. The minimum Gasteiger partial charge on any atom is -0.323 e. The number of nitrogens with zero attached hydrogens (tertiary/aromatic N) is 2. The zero-order valence-corrected chi connectivity index (χ0v) is 20.1. The number of rotatable bonds is 6. The Kier molecular flexibility index (Phi) is 6.27. The SMILES string of the molecule is CCCCN1C(=O)c2ccc(C(=O)Nc3ccc(C(=O)N4CC(=O)Nc5ccccc54)cc3)cc2C1=O. The second-order valence-corrected chi connectivity index (χ2v) is 8.86. The van der Waals surface area contributed by atoms with Gasteiger partial charge >= 0.3 is 0 Å². The highest BCUT2D eigenvalue weighted by atomic mass is 16.2. The van der Waals surface area contributed by atoms with Gasteiger partial charge in [0.1, 0.15) is 6.54 Å². The first-order valence-electron chi connectivity index (χ1n) is 12.0. The predicted molar refractivity (Wildman–Crippen MR) is 138 cm³/mol. The Morgan fingerprint density at radius 1 is 0.892 bits per heavy atom. The van der Waals surface area contributed by atoms with Crippen molar-refractivity contribution in [3.05, 3.63) is 89.0 Å². The number of fused-ring (bicyclic) bond motifs is 2. The lowest BCUT2D eigenvalue weighted by atomic mass is 10.1. The Balaban J connectivity index is 1.29. The van der Waals surface area contributed by atoms with Crippen LogP contribution in [-0.4, -0.2) is 47.5 Å². The Bertz CT molecular complexity index is 1450. The molecule has 0 radical (unpaired) electrons. The van der Waals surface area contributed by atoms with Crippen molar-refractivity contribution in [3.8, 4) is 0 Å². The van der Waals surface area contributed by atoms with E-state index in [1.54, 1.807) is 48.5 Å². The summed E-state index contributed by atoms with van der Waals surface area (Å²) < 4.78 is 0. The van der Waals surface area contributed by atoms with E-state index in [9.17, 15) is 24.0 Å². The zero-order valence-electron chi connectivity index (χ0n) is 20.1. The fourth-order valence-corrected chi connectivity index (χ4v) is 4.42. The summed E-state index contributed by atoms with van der Waals surface area (Å²) in [6.07, 6.45) is 1.57. The molecule has 9 nitrogen and oxygen atoms in total. The van der Waals surface area contributed by atoms with E-state index < -0.39 is 5.91 Å². The summed E-state index contributed by atoms with van der Waals surface area (Å²) >= 11 is 0. The summed E-state index contributed by atoms with van der Waals surface area (Å²) in [5.74, 6) is -1.79. The summed E-state index contributed by atoms with van der Waals surface area (Å²) in [7, 11) is 0. The van der Waals surface area contributed by atoms with Crippen molar-refractivity contribution in [2.24, 2.45) is 0 Å². The highest BCUT2D eigenvalue weighted by molar-refractivity contribution is 6.22. The summed E-state index contributed by atoms with van der Waals surface area (Å²) in [4.78, 5) is 65.9. The molecule has 0 atom stereocenters. The Labute approximate surface area is 213 Å². The van der Waals surface area contributed by atoms with Gasteiger partial charge in [-0.05, 0) is 61.0 Å². The van der Waals surface area contributed by atoms with E-state index >= 15 is 0 Å². The van der Waals surface area contributed by atoms with E-state index in [0.717, 1.165) is 12.8 Å². The third-order valence-corrected chi connectivity index (χ3v) is 6.37. The van der Waals surface area contributed by atoms with Crippen LogP contribution in [0.5, 0.6) is 0 Å². The van der Waals surface area contributed by atoms with Crippen molar-refractivity contribution in [2.45, 2.75) is 19.8 Å². The number of imide groups is 1. The lowest BCUT2D eigenvalue weighted by Gasteiger charge is -2.29. The van der Waals surface area contributed by atoms with E-state index in [1.165, 1.54) is 28.0 Å². The number of para-hydroxylation sites is 2. The summed E-state index contributed by atoms with van der Waals surface area (Å²) in [5, 5.41) is 5.50. The molecule has 186 valence electrons. The molecule has 3 aromatic carbocycles. The third kappa shape index (κ3) is 4.47. The van der Waals surface area contributed by atoms with Gasteiger partial charge in [-0.3, -0.25) is 33.8 Å². The van der Waals surface area contributed by atoms with Gasteiger partial charge in [-0.15, -0.1) is 0 Å². The van der Waals surface area contributed by atoms with Gasteiger partial charge in [0.05, 0.1) is 22.5 Å². The second kappa shape index (κ2) is 9.69. The molecular weight excluding hydrogens is 472 g/mol. The van der Waals surface area contributed by atoms with Gasteiger partial charge in [0.25, 0.3) is 23.6 Å². The highest BCUT2D eigenvalue weighted by Gasteiger charge is 2.35. The summed E-state index contributed by atoms with van der Waals surface area (Å²) in [6.45, 7) is 2.24. The number of anilines is 3.